The number of fused-ring (bicyclic) bond motifs is 1. The zero-order valence-electron chi connectivity index (χ0n) is 16.7. The fraction of sp³-hybridized carbons (Fsp3) is 0.200. The van der Waals surface area contributed by atoms with Gasteiger partial charge in [-0.15, -0.1) is 0 Å². The maximum atomic E-state index is 14.6. The molecular formula is C25H23FN2O2. The zero-order chi connectivity index (χ0) is 21.1. The van der Waals surface area contributed by atoms with Gasteiger partial charge in [0.05, 0.1) is 5.69 Å². The van der Waals surface area contributed by atoms with Crippen molar-refractivity contribution in [2.24, 2.45) is 5.92 Å². The summed E-state index contributed by atoms with van der Waals surface area (Å²) in [5.74, 6) is -0.204. The van der Waals surface area contributed by atoms with Gasteiger partial charge in [-0.3, -0.25) is 4.79 Å². The summed E-state index contributed by atoms with van der Waals surface area (Å²) in [6.45, 7) is 2.04. The Hall–Kier alpha value is -3.47. The molecule has 0 radical (unpaired) electrons. The van der Waals surface area contributed by atoms with Crippen LogP contribution in [0.2, 0.25) is 0 Å². The van der Waals surface area contributed by atoms with E-state index < -0.39 is 11.8 Å². The molecule has 3 aromatic carbocycles. The molecular weight excluding hydrogens is 379 g/mol. The van der Waals surface area contributed by atoms with Gasteiger partial charge in [0.25, 0.3) is 0 Å². The van der Waals surface area contributed by atoms with Crippen LogP contribution in [0.1, 0.15) is 35.7 Å². The molecule has 4 rings (SSSR count). The molecule has 2 amide bonds. The lowest BCUT2D eigenvalue weighted by atomic mass is 9.80. The molecule has 1 aliphatic carbocycles. The van der Waals surface area contributed by atoms with Gasteiger partial charge in [0.1, 0.15) is 5.82 Å². The summed E-state index contributed by atoms with van der Waals surface area (Å²) in [5, 5.41) is 5.20. The van der Waals surface area contributed by atoms with Crippen LogP contribution in [-0.4, -0.2) is 11.8 Å². The van der Waals surface area contributed by atoms with Crippen molar-refractivity contribution in [3.05, 3.63) is 83.7 Å². The van der Waals surface area contributed by atoms with E-state index in [-0.39, 0.29) is 17.4 Å². The molecule has 4 nitrogen and oxygen atoms in total. The number of halogens is 1. The molecule has 3 aromatic rings. The van der Waals surface area contributed by atoms with Crippen molar-refractivity contribution in [3.8, 4) is 11.1 Å². The SMILES string of the molecule is CCC1CCc2cc(-c3ccc(NC(=O)Nc4ccccc4)c(F)c3)ccc2C1=O. The minimum absolute atomic E-state index is 0.103. The van der Waals surface area contributed by atoms with Crippen molar-refractivity contribution in [2.75, 3.05) is 10.6 Å². The van der Waals surface area contributed by atoms with Crippen molar-refractivity contribution in [1.29, 1.82) is 0 Å². The van der Waals surface area contributed by atoms with Crippen LogP contribution < -0.4 is 10.6 Å². The number of nitrogens with one attached hydrogen (secondary N) is 2. The van der Waals surface area contributed by atoms with Crippen LogP contribution in [-0.2, 0) is 6.42 Å². The number of urea groups is 1. The van der Waals surface area contributed by atoms with Gasteiger partial charge >= 0.3 is 6.03 Å². The average Bonchev–Trinajstić information content (AvgIpc) is 2.76. The minimum Gasteiger partial charge on any atom is -0.308 e. The van der Waals surface area contributed by atoms with Gasteiger partial charge in [-0.1, -0.05) is 49.4 Å². The number of para-hydroxylation sites is 1. The molecule has 2 N–H and O–H groups in total. The van der Waals surface area contributed by atoms with Crippen molar-refractivity contribution in [2.45, 2.75) is 26.2 Å². The second kappa shape index (κ2) is 8.49. The van der Waals surface area contributed by atoms with E-state index in [0.29, 0.717) is 11.3 Å². The normalized spacial score (nSPS) is 15.4. The molecule has 0 heterocycles. The average molecular weight is 402 g/mol. The van der Waals surface area contributed by atoms with E-state index in [4.69, 9.17) is 0 Å². The Kier molecular flexibility index (Phi) is 5.61. The van der Waals surface area contributed by atoms with Gasteiger partial charge in [-0.25, -0.2) is 9.18 Å². The number of carbonyl (C=O) groups is 2. The van der Waals surface area contributed by atoms with E-state index in [2.05, 4.69) is 10.6 Å². The molecule has 152 valence electrons. The molecule has 0 aromatic heterocycles. The van der Waals surface area contributed by atoms with Crippen molar-refractivity contribution < 1.29 is 14.0 Å². The predicted molar refractivity (Wildman–Crippen MR) is 117 cm³/mol. The first-order valence-electron chi connectivity index (χ1n) is 10.1. The van der Waals surface area contributed by atoms with Crippen molar-refractivity contribution in [1.82, 2.24) is 0 Å². The summed E-state index contributed by atoms with van der Waals surface area (Å²) in [5.41, 5.74) is 4.09. The molecule has 5 heteroatoms. The van der Waals surface area contributed by atoms with E-state index in [1.54, 1.807) is 36.4 Å². The summed E-state index contributed by atoms with van der Waals surface area (Å²) in [6.07, 6.45) is 2.58. The number of aryl methyl sites for hydroxylation is 1. The van der Waals surface area contributed by atoms with Crippen LogP contribution in [0.25, 0.3) is 11.1 Å². The second-order valence-corrected chi connectivity index (χ2v) is 7.52. The van der Waals surface area contributed by atoms with E-state index in [9.17, 15) is 14.0 Å². The first-order chi connectivity index (χ1) is 14.5. The smallest absolute Gasteiger partial charge is 0.308 e. The number of anilines is 2. The van der Waals surface area contributed by atoms with E-state index in [0.717, 1.165) is 36.0 Å². The van der Waals surface area contributed by atoms with Crippen molar-refractivity contribution in [3.63, 3.8) is 0 Å². The van der Waals surface area contributed by atoms with Gasteiger partial charge in [-0.2, -0.15) is 0 Å². The van der Waals surface area contributed by atoms with Gasteiger partial charge < -0.3 is 10.6 Å². The largest absolute Gasteiger partial charge is 0.323 e. The Morgan fingerprint density at radius 1 is 1.00 bits per heavy atom. The number of hydrogen-bond donors (Lipinski definition) is 2. The van der Waals surface area contributed by atoms with E-state index in [1.807, 2.05) is 31.2 Å². The molecule has 0 spiro atoms. The Morgan fingerprint density at radius 2 is 1.73 bits per heavy atom. The van der Waals surface area contributed by atoms with E-state index in [1.165, 1.54) is 6.07 Å². The number of hydrogen-bond acceptors (Lipinski definition) is 2. The highest BCUT2D eigenvalue weighted by Gasteiger charge is 2.26. The Labute approximate surface area is 175 Å². The maximum Gasteiger partial charge on any atom is 0.323 e. The second-order valence-electron chi connectivity index (χ2n) is 7.52. The quantitative estimate of drug-likeness (QED) is 0.539. The molecule has 0 bridgehead atoms. The summed E-state index contributed by atoms with van der Waals surface area (Å²) in [4.78, 5) is 24.6. The minimum atomic E-state index is -0.518. The Morgan fingerprint density at radius 3 is 2.47 bits per heavy atom. The molecule has 30 heavy (non-hydrogen) atoms. The molecule has 1 aliphatic rings. The van der Waals surface area contributed by atoms with Gasteiger partial charge in [-0.05, 0) is 60.2 Å². The summed E-state index contributed by atoms with van der Waals surface area (Å²) in [7, 11) is 0. The third kappa shape index (κ3) is 4.10. The summed E-state index contributed by atoms with van der Waals surface area (Å²) < 4.78 is 14.6. The van der Waals surface area contributed by atoms with Crippen LogP contribution in [0.5, 0.6) is 0 Å². The van der Waals surface area contributed by atoms with Gasteiger partial charge in [0, 0.05) is 17.2 Å². The molecule has 0 fully saturated rings. The fourth-order valence-corrected chi connectivity index (χ4v) is 3.89. The monoisotopic (exact) mass is 402 g/mol. The van der Waals surface area contributed by atoms with Crippen LogP contribution in [0.3, 0.4) is 0 Å². The number of rotatable bonds is 4. The molecule has 0 aliphatic heterocycles. The predicted octanol–water partition coefficient (Wildman–Crippen LogP) is 6.29. The highest BCUT2D eigenvalue weighted by Crippen LogP contribution is 2.32. The Bertz CT molecular complexity index is 1100. The third-order valence-electron chi connectivity index (χ3n) is 5.58. The zero-order valence-corrected chi connectivity index (χ0v) is 16.7. The highest BCUT2D eigenvalue weighted by molar-refractivity contribution is 6.01. The number of benzene rings is 3. The highest BCUT2D eigenvalue weighted by atomic mass is 19.1. The lowest BCUT2D eigenvalue weighted by molar-refractivity contribution is 0.0898. The molecule has 1 unspecified atom stereocenters. The standard InChI is InChI=1S/C25H23FN2O2/c1-2-16-8-9-19-14-17(10-12-21(19)24(16)29)18-11-13-23(22(26)15-18)28-25(30)27-20-6-4-3-5-7-20/h3-7,10-16H,2,8-9H2,1H3,(H2,27,28,30). The Balaban J connectivity index is 1.51. The van der Waals surface area contributed by atoms with Crippen LogP contribution in [0, 0.1) is 11.7 Å². The van der Waals surface area contributed by atoms with Crippen molar-refractivity contribution >= 4 is 23.2 Å². The lowest BCUT2D eigenvalue weighted by Gasteiger charge is -2.22. The lowest BCUT2D eigenvalue weighted by Crippen LogP contribution is -2.21. The van der Waals surface area contributed by atoms with E-state index >= 15 is 0 Å². The number of amides is 2. The van der Waals surface area contributed by atoms with Gasteiger partial charge in [0.2, 0.25) is 0 Å². The first kappa shape index (κ1) is 19.8. The summed E-state index contributed by atoms with van der Waals surface area (Å²) in [6, 6.07) is 18.9. The number of ketones is 1. The van der Waals surface area contributed by atoms with Gasteiger partial charge in [0.15, 0.2) is 5.78 Å². The van der Waals surface area contributed by atoms with Crippen LogP contribution in [0.4, 0.5) is 20.6 Å². The van der Waals surface area contributed by atoms with Crippen LogP contribution in [0.15, 0.2) is 66.7 Å². The number of Topliss-reactive ketones (excluding diaryl/α,β-unsaturated/α-hetero) is 1. The number of carbonyl (C=O) groups excluding carboxylic acids is 2. The maximum absolute atomic E-state index is 14.6. The molecule has 1 atom stereocenters. The topological polar surface area (TPSA) is 58.2 Å². The third-order valence-corrected chi connectivity index (χ3v) is 5.58. The fourth-order valence-electron chi connectivity index (χ4n) is 3.89. The summed E-state index contributed by atoms with van der Waals surface area (Å²) >= 11 is 0. The molecule has 0 saturated heterocycles. The first-order valence-corrected chi connectivity index (χ1v) is 10.1. The molecule has 0 saturated carbocycles. The van der Waals surface area contributed by atoms with Crippen LogP contribution >= 0.6 is 0 Å².